The first-order valence-electron chi connectivity index (χ1n) is 25.1. The van der Waals surface area contributed by atoms with Gasteiger partial charge in [0.2, 0.25) is 5.88 Å². The molecule has 0 atom stereocenters. The van der Waals surface area contributed by atoms with Crippen molar-refractivity contribution >= 4 is 137 Å². The second-order valence-corrected chi connectivity index (χ2v) is 27.4. The van der Waals surface area contributed by atoms with Gasteiger partial charge in [-0.2, -0.15) is 59.4 Å². The summed E-state index contributed by atoms with van der Waals surface area (Å²) >= 11 is 2.48. The predicted molar refractivity (Wildman–Crippen MR) is 321 cm³/mol. The Hall–Kier alpha value is -7.70. The van der Waals surface area contributed by atoms with Crippen LogP contribution in [-0.4, -0.2) is 124 Å². The number of hydrogen-bond donors (Lipinski definition) is 4. The van der Waals surface area contributed by atoms with Gasteiger partial charge in [0.05, 0.1) is 83.2 Å². The van der Waals surface area contributed by atoms with Crippen LogP contribution in [0.2, 0.25) is 0 Å². The fourth-order valence-electron chi connectivity index (χ4n) is 7.81. The number of nitrogens with zero attached hydrogens (tertiary/aromatic N) is 11. The highest BCUT2D eigenvalue weighted by Gasteiger charge is 2.26. The summed E-state index contributed by atoms with van der Waals surface area (Å²) in [5, 5.41) is 57.9. The van der Waals surface area contributed by atoms with Crippen molar-refractivity contribution in [2.45, 2.75) is 61.6 Å². The first kappa shape index (κ1) is 68.4. The summed E-state index contributed by atoms with van der Waals surface area (Å²) < 4.78 is 166. The van der Waals surface area contributed by atoms with Gasteiger partial charge in [-0.15, -0.1) is 56.6 Å². The summed E-state index contributed by atoms with van der Waals surface area (Å²) in [7, 11) is -18.1. The van der Waals surface area contributed by atoms with Gasteiger partial charge in [0.25, 0.3) is 40.5 Å². The van der Waals surface area contributed by atoms with Crippen LogP contribution in [0.1, 0.15) is 47.1 Å². The molecule has 2 heterocycles. The lowest BCUT2D eigenvalue weighted by Crippen LogP contribution is -2.08. The smallest absolute Gasteiger partial charge is 0.425 e. The number of benzene rings is 5. The summed E-state index contributed by atoms with van der Waals surface area (Å²) in [5.41, 5.74) is 4.27. The highest BCUT2D eigenvalue weighted by atomic mass is 32.2. The zero-order valence-electron chi connectivity index (χ0n) is 46.7. The molecule has 0 aliphatic carbocycles. The number of aromatic nitrogens is 2. The van der Waals surface area contributed by atoms with Crippen LogP contribution in [0.15, 0.2) is 134 Å². The van der Waals surface area contributed by atoms with Gasteiger partial charge in [-0.1, -0.05) is 18.2 Å². The topological polar surface area (TPSA) is 436 Å². The van der Waals surface area contributed by atoms with Gasteiger partial charge < -0.3 is 14.6 Å². The Labute approximate surface area is 509 Å². The first-order chi connectivity index (χ1) is 40.9. The Balaban J connectivity index is 0.00000293. The van der Waals surface area contributed by atoms with E-state index in [1.54, 1.807) is 50.2 Å². The molecular weight excluding hydrogens is 1280 g/mol. The third kappa shape index (κ3) is 19.4. The van der Waals surface area contributed by atoms with Crippen LogP contribution in [0, 0.1) is 39.0 Å². The van der Waals surface area contributed by atoms with E-state index in [2.05, 4.69) is 52.0 Å². The van der Waals surface area contributed by atoms with Crippen LogP contribution >= 0.6 is 23.5 Å². The third-order valence-electron chi connectivity index (χ3n) is 12.0. The van der Waals surface area contributed by atoms with Crippen molar-refractivity contribution in [3.63, 3.8) is 0 Å². The lowest BCUT2D eigenvalue weighted by Gasteiger charge is -2.12. The lowest BCUT2D eigenvalue weighted by atomic mass is 10.1. The van der Waals surface area contributed by atoms with E-state index in [1.165, 1.54) is 55.8 Å². The summed E-state index contributed by atoms with van der Waals surface area (Å²) in [6, 6.07) is 23.4. The average molecular weight is 1330 g/mol. The van der Waals surface area contributed by atoms with Crippen LogP contribution in [0.5, 0.6) is 17.4 Å². The molecule has 0 aliphatic rings. The van der Waals surface area contributed by atoms with E-state index in [9.17, 15) is 57.7 Å². The molecular formula is C51H53N11O18S7. The number of fused-ring (bicyclic) bond motifs is 3. The molecule has 0 spiro atoms. The van der Waals surface area contributed by atoms with Gasteiger partial charge in [-0.3, -0.25) is 22.2 Å². The number of nitriles is 1. The quantitative estimate of drug-likeness (QED) is 0.0129. The average Bonchev–Trinajstić information content (AvgIpc) is 1.66. The van der Waals surface area contributed by atoms with Gasteiger partial charge in [-0.25, -0.2) is 4.98 Å². The molecule has 7 rings (SSSR count). The fourth-order valence-corrected chi connectivity index (χ4v) is 12.4. The zero-order chi connectivity index (χ0) is 64.0. The van der Waals surface area contributed by atoms with E-state index in [1.807, 2.05) is 25.1 Å². The lowest BCUT2D eigenvalue weighted by molar-refractivity contribution is 0.317. The maximum Gasteiger partial charge on any atom is 0.425 e. The Bertz CT molecular complexity index is 4520. The number of azo groups is 4. The van der Waals surface area contributed by atoms with Gasteiger partial charge in [0.1, 0.15) is 33.7 Å². The van der Waals surface area contributed by atoms with Crippen molar-refractivity contribution < 1.29 is 78.7 Å². The zero-order valence-corrected chi connectivity index (χ0v) is 52.4. The summed E-state index contributed by atoms with van der Waals surface area (Å²) in [5.74, 6) is -1.81. The largest absolute Gasteiger partial charge is 0.495 e. The standard InChI is InChI=1S/C51H53N11O15S6.O3S/c1-30-21-40(58-61-49-33(4)35(29-52)50-53-39-25-45(75-5)48(83(73,74)76-6)28-43(39)62(50)51(49)63)44(77-15-10-18-80(64,65)66)24-36(30)56-59-41-23-32(3)38(27-47(41)79-17-12-20-82(70,71)72)57-60-42-22-31(2)37(55-54-34-13-8-7-9-14-34)26-46(42)78-16-11-19-81(67,68)69;1-4(2)3/h7-9,13-14,21-28,63H,10-12,15-20H2,1-6H3,(H,64,65,66)(H,67,68,69)(H,70,71,72);. The molecule has 2 aromatic heterocycles. The predicted octanol–water partition coefficient (Wildman–Crippen LogP) is 11.7. The second kappa shape index (κ2) is 29.8. The third-order valence-corrected chi connectivity index (χ3v) is 18.0. The minimum absolute atomic E-state index is 0.0119. The molecule has 7 aromatic rings. The highest BCUT2D eigenvalue weighted by molar-refractivity contribution is 7.99. The number of rotatable bonds is 26. The Morgan fingerprint density at radius 1 is 0.609 bits per heavy atom. The second-order valence-electron chi connectivity index (χ2n) is 18.3. The Morgan fingerprint density at radius 3 is 1.57 bits per heavy atom. The number of aromatic hydroxyl groups is 1. The minimum atomic E-state index is -4.37. The number of aryl methyl sites for hydroxylation is 3. The van der Waals surface area contributed by atoms with Crippen LogP contribution in [-0.2, 0) is 55.3 Å². The maximum atomic E-state index is 12.9. The highest BCUT2D eigenvalue weighted by Crippen LogP contribution is 2.44. The molecule has 0 amide bonds. The normalized spacial score (nSPS) is 12.4. The van der Waals surface area contributed by atoms with E-state index in [4.69, 9.17) is 26.3 Å². The van der Waals surface area contributed by atoms with Crippen LogP contribution in [0.25, 0.3) is 16.7 Å². The summed E-state index contributed by atoms with van der Waals surface area (Å²) in [4.78, 5) is 5.16. The van der Waals surface area contributed by atoms with Crippen LogP contribution < -0.4 is 9.47 Å². The molecule has 0 radical (unpaired) electrons. The molecule has 0 fully saturated rings. The van der Waals surface area contributed by atoms with Crippen molar-refractivity contribution in [3.8, 4) is 23.4 Å². The molecule has 4 N–H and O–H groups in total. The SMILES string of the molecule is COc1cc2nc3c(C#N)c(C)c(N=Nc4cc(C)c(N=Nc5cc(C)c(N=Nc6cc(C)c(N=Nc7ccccc7)cc6SCCCS(=O)(=O)O)cc5SCCCS(=O)(=O)O)cc4OCCCS(=O)(=O)O)c(O)n3c2cc1S(=O)(=O)OC.O=S(=O)=O. The van der Waals surface area contributed by atoms with Crippen molar-refractivity contribution in [3.05, 3.63) is 107 Å². The minimum Gasteiger partial charge on any atom is -0.495 e. The van der Waals surface area contributed by atoms with Crippen molar-refractivity contribution in [1.82, 2.24) is 9.38 Å². The number of ether oxygens (including phenoxy) is 2. The summed E-state index contributed by atoms with van der Waals surface area (Å²) in [6.07, 6.45) is 0.0283. The molecule has 87 heavy (non-hydrogen) atoms. The van der Waals surface area contributed by atoms with Gasteiger partial charge in [0, 0.05) is 27.5 Å². The van der Waals surface area contributed by atoms with Crippen LogP contribution in [0.3, 0.4) is 0 Å². The van der Waals surface area contributed by atoms with E-state index in [0.29, 0.717) is 60.7 Å². The monoisotopic (exact) mass is 1330 g/mol. The van der Waals surface area contributed by atoms with Gasteiger partial charge >= 0.3 is 10.6 Å². The van der Waals surface area contributed by atoms with Gasteiger partial charge in [0.15, 0.2) is 11.3 Å². The number of hydrogen-bond acceptors (Lipinski definition) is 27. The van der Waals surface area contributed by atoms with Crippen molar-refractivity contribution in [2.24, 2.45) is 40.9 Å². The van der Waals surface area contributed by atoms with Crippen molar-refractivity contribution in [2.75, 3.05) is 49.6 Å². The van der Waals surface area contributed by atoms with E-state index in [-0.39, 0.29) is 92.9 Å². The number of imidazole rings is 1. The van der Waals surface area contributed by atoms with Gasteiger partial charge in [-0.05, 0) is 124 Å². The number of pyridine rings is 1. The molecule has 462 valence electrons. The first-order valence-corrected chi connectivity index (χ1v) is 34.3. The molecule has 36 heteroatoms. The van der Waals surface area contributed by atoms with Crippen molar-refractivity contribution in [1.29, 1.82) is 5.26 Å². The molecule has 29 nitrogen and oxygen atoms in total. The van der Waals surface area contributed by atoms with Crippen LogP contribution in [0.4, 0.5) is 45.5 Å². The van der Waals surface area contributed by atoms with E-state index >= 15 is 0 Å². The number of methoxy groups -OCH3 is 1. The summed E-state index contributed by atoms with van der Waals surface area (Å²) in [6.45, 7) is 6.46. The molecule has 5 aromatic carbocycles. The molecule has 0 aliphatic heterocycles. The van der Waals surface area contributed by atoms with E-state index < -0.39 is 74.2 Å². The Kier molecular flexibility index (Phi) is 23.4. The van der Waals surface area contributed by atoms with E-state index in [0.717, 1.165) is 17.6 Å². The molecule has 0 saturated carbocycles. The maximum absolute atomic E-state index is 12.9. The molecule has 0 unspecified atom stereocenters. The molecule has 0 saturated heterocycles. The fraction of sp³-hybridized carbons (Fsp3) is 0.294. The molecule has 0 bridgehead atoms. The Morgan fingerprint density at radius 2 is 1.08 bits per heavy atom. The number of thioether (sulfide) groups is 2.